The van der Waals surface area contributed by atoms with Crippen molar-refractivity contribution in [2.75, 3.05) is 13.7 Å². The van der Waals surface area contributed by atoms with Gasteiger partial charge in [0, 0.05) is 25.5 Å². The first-order valence-corrected chi connectivity index (χ1v) is 11.4. The lowest BCUT2D eigenvalue weighted by Gasteiger charge is -2.54. The van der Waals surface area contributed by atoms with Crippen molar-refractivity contribution in [1.82, 2.24) is 0 Å². The molecule has 0 spiro atoms. The molecule has 5 nitrogen and oxygen atoms in total. The number of fused-ring (bicyclic) bond motifs is 3. The molecule has 172 valence electrons. The van der Waals surface area contributed by atoms with E-state index in [0.29, 0.717) is 24.9 Å². The van der Waals surface area contributed by atoms with E-state index < -0.39 is 0 Å². The van der Waals surface area contributed by atoms with Gasteiger partial charge in [0.2, 0.25) is 0 Å². The fourth-order valence-corrected chi connectivity index (χ4v) is 5.95. The van der Waals surface area contributed by atoms with Crippen molar-refractivity contribution in [3.8, 4) is 0 Å². The van der Waals surface area contributed by atoms with Crippen LogP contribution < -0.4 is 0 Å². The molecule has 0 aromatic heterocycles. The monoisotopic (exact) mass is 430 g/mol. The second-order valence-electron chi connectivity index (χ2n) is 10.6. The van der Waals surface area contributed by atoms with E-state index in [4.69, 9.17) is 14.2 Å². The third-order valence-electron chi connectivity index (χ3n) is 7.64. The molecule has 1 aliphatic heterocycles. The maximum Gasteiger partial charge on any atom is 0.335 e. The molecule has 0 radical (unpaired) electrons. The maximum absolute atomic E-state index is 12.0. The first-order valence-electron chi connectivity index (χ1n) is 11.4. The van der Waals surface area contributed by atoms with Crippen LogP contribution in [0.15, 0.2) is 35.1 Å². The number of hydrogen-bond acceptors (Lipinski definition) is 5. The van der Waals surface area contributed by atoms with E-state index in [2.05, 4.69) is 20.8 Å². The predicted octanol–water partition coefficient (Wildman–Crippen LogP) is 5.16. The number of hydrogen-bond donors (Lipinski definition) is 0. The van der Waals surface area contributed by atoms with Gasteiger partial charge in [-0.25, -0.2) is 4.79 Å². The van der Waals surface area contributed by atoms with Gasteiger partial charge in [-0.2, -0.15) is 0 Å². The van der Waals surface area contributed by atoms with Crippen LogP contribution in [0, 0.1) is 23.2 Å². The van der Waals surface area contributed by atoms with Gasteiger partial charge in [-0.3, -0.25) is 4.79 Å². The van der Waals surface area contributed by atoms with Crippen molar-refractivity contribution in [3.05, 3.63) is 35.1 Å². The average molecular weight is 431 g/mol. The third-order valence-corrected chi connectivity index (χ3v) is 7.64. The minimum absolute atomic E-state index is 0.0337. The number of esters is 1. The van der Waals surface area contributed by atoms with E-state index in [0.717, 1.165) is 24.8 Å². The van der Waals surface area contributed by atoms with Crippen LogP contribution in [0.5, 0.6) is 0 Å². The van der Waals surface area contributed by atoms with Gasteiger partial charge in [-0.15, -0.1) is 0 Å². The Labute approximate surface area is 186 Å². The third kappa shape index (κ3) is 4.88. The quantitative estimate of drug-likeness (QED) is 0.242. The second kappa shape index (κ2) is 9.03. The summed E-state index contributed by atoms with van der Waals surface area (Å²) in [4.78, 5) is 23.9. The molecule has 0 unspecified atom stereocenters. The topological polar surface area (TPSA) is 61.8 Å². The van der Waals surface area contributed by atoms with Crippen LogP contribution in [0.25, 0.3) is 0 Å². The largest absolute Gasteiger partial charge is 0.432 e. The summed E-state index contributed by atoms with van der Waals surface area (Å²) in [6, 6.07) is 0. The zero-order valence-corrected chi connectivity index (χ0v) is 20.1. The summed E-state index contributed by atoms with van der Waals surface area (Å²) in [5.74, 6) is 0.662. The first kappa shape index (κ1) is 23.9. The highest BCUT2D eigenvalue weighted by atomic mass is 16.5. The van der Waals surface area contributed by atoms with Crippen molar-refractivity contribution in [1.29, 1.82) is 0 Å². The summed E-state index contributed by atoms with van der Waals surface area (Å²) in [7, 11) is 1.79. The normalized spacial score (nSPS) is 32.7. The Morgan fingerprint density at radius 1 is 1.26 bits per heavy atom. The Bertz CT molecular complexity index is 814. The van der Waals surface area contributed by atoms with Crippen molar-refractivity contribution < 1.29 is 23.8 Å². The summed E-state index contributed by atoms with van der Waals surface area (Å²) in [5, 5.41) is 0. The molecule has 3 aliphatic rings. The molecule has 1 heterocycles. The lowest BCUT2D eigenvalue weighted by atomic mass is 9.51. The summed E-state index contributed by atoms with van der Waals surface area (Å²) in [5.41, 5.74) is 3.29. The van der Waals surface area contributed by atoms with Crippen molar-refractivity contribution in [3.63, 3.8) is 0 Å². The Morgan fingerprint density at radius 2 is 1.97 bits per heavy atom. The summed E-state index contributed by atoms with van der Waals surface area (Å²) < 4.78 is 17.4. The van der Waals surface area contributed by atoms with Gasteiger partial charge in [0.15, 0.2) is 0 Å². The molecule has 2 bridgehead atoms. The van der Waals surface area contributed by atoms with Crippen LogP contribution in [-0.2, 0) is 23.8 Å². The molecular formula is C26H38O5. The highest BCUT2D eigenvalue weighted by Crippen LogP contribution is 2.60. The molecule has 0 aromatic rings. The van der Waals surface area contributed by atoms with Crippen LogP contribution in [0.2, 0.25) is 0 Å². The molecule has 0 amide bonds. The Morgan fingerprint density at radius 3 is 2.58 bits per heavy atom. The summed E-state index contributed by atoms with van der Waals surface area (Å²) in [6.07, 6.45) is 8.44. The van der Waals surface area contributed by atoms with Gasteiger partial charge in [-0.1, -0.05) is 12.5 Å². The molecule has 3 rings (SSSR count). The second-order valence-corrected chi connectivity index (χ2v) is 10.6. The fourth-order valence-electron chi connectivity index (χ4n) is 5.95. The zero-order valence-electron chi connectivity index (χ0n) is 20.1. The molecule has 5 atom stereocenters. The van der Waals surface area contributed by atoms with Gasteiger partial charge < -0.3 is 14.2 Å². The van der Waals surface area contributed by atoms with Crippen LogP contribution in [0.3, 0.4) is 0 Å². The van der Waals surface area contributed by atoms with E-state index in [1.165, 1.54) is 23.5 Å². The number of allylic oxidation sites excluding steroid dienone is 2. The van der Waals surface area contributed by atoms with Crippen LogP contribution in [0.1, 0.15) is 67.2 Å². The molecule has 31 heavy (non-hydrogen) atoms. The molecule has 0 aromatic carbocycles. The number of carbonyl (C=O) groups is 2. The van der Waals surface area contributed by atoms with Gasteiger partial charge in [0.25, 0.3) is 0 Å². The molecule has 5 heteroatoms. The van der Waals surface area contributed by atoms with Crippen LogP contribution >= 0.6 is 0 Å². The maximum atomic E-state index is 12.0. The van der Waals surface area contributed by atoms with Crippen molar-refractivity contribution >= 4 is 11.8 Å². The first-order chi connectivity index (χ1) is 14.5. The lowest BCUT2D eigenvalue weighted by molar-refractivity contribution is -0.132. The standard InChI is InChI=1S/C26H38O5/c1-16(2)12-23(28)30-11-9-21-24-19(15-31-22(24)13-17(3)27)18-14-26(21,6)10-8-20(18)25(4,5)29-7/h9,11-12,18,20-22H,8,10,13-15H2,1-7H3/b11-9+/t18-,20-,21+,22+,26+/m1/s1. The minimum Gasteiger partial charge on any atom is -0.432 e. The van der Waals surface area contributed by atoms with Crippen molar-refractivity contribution in [2.45, 2.75) is 78.9 Å². The number of methoxy groups -OCH3 is 1. The molecule has 0 saturated heterocycles. The minimum atomic E-state index is -0.363. The Balaban J connectivity index is 1.98. The number of carbonyl (C=O) groups excluding carboxylic acids is 2. The lowest BCUT2D eigenvalue weighted by Crippen LogP contribution is -2.49. The zero-order chi connectivity index (χ0) is 23.0. The Hall–Kier alpha value is -1.72. The van der Waals surface area contributed by atoms with Gasteiger partial charge in [0.05, 0.1) is 24.6 Å². The van der Waals surface area contributed by atoms with E-state index >= 15 is 0 Å². The molecule has 1 fully saturated rings. The Kier molecular flexibility index (Phi) is 6.97. The average Bonchev–Trinajstić information content (AvgIpc) is 3.06. The smallest absolute Gasteiger partial charge is 0.335 e. The van der Waals surface area contributed by atoms with E-state index in [1.54, 1.807) is 14.0 Å². The SMILES string of the molecule is COC(C)(C)[C@@H]1CC[C@@]2(C)C[C@@H]1C1=C([C@H](CC(C)=O)OC1)[C@@H]2/C=C/OC(=O)C=C(C)C. The van der Waals surface area contributed by atoms with Crippen LogP contribution in [-0.4, -0.2) is 37.2 Å². The van der Waals surface area contributed by atoms with Gasteiger partial charge in [0.1, 0.15) is 5.78 Å². The predicted molar refractivity (Wildman–Crippen MR) is 120 cm³/mol. The molecule has 1 saturated carbocycles. The van der Waals surface area contributed by atoms with E-state index in [1.807, 2.05) is 19.9 Å². The van der Waals surface area contributed by atoms with Crippen LogP contribution in [0.4, 0.5) is 0 Å². The molecular weight excluding hydrogens is 392 g/mol. The highest BCUT2D eigenvalue weighted by molar-refractivity contribution is 5.83. The van der Waals surface area contributed by atoms with E-state index in [9.17, 15) is 9.59 Å². The number of ether oxygens (including phenoxy) is 3. The molecule has 2 aliphatic carbocycles. The summed E-state index contributed by atoms with van der Waals surface area (Å²) in [6.45, 7) is 12.6. The number of Topliss-reactive ketones (excluding diaryl/α,β-unsaturated/α-hetero) is 1. The highest BCUT2D eigenvalue weighted by Gasteiger charge is 2.55. The van der Waals surface area contributed by atoms with Crippen molar-refractivity contribution in [2.24, 2.45) is 23.2 Å². The molecule has 0 N–H and O–H groups in total. The fraction of sp³-hybridized carbons (Fsp3) is 0.692. The summed E-state index contributed by atoms with van der Waals surface area (Å²) >= 11 is 0. The van der Waals surface area contributed by atoms with E-state index in [-0.39, 0.29) is 34.8 Å². The van der Waals surface area contributed by atoms with Gasteiger partial charge in [-0.05, 0) is 88.4 Å². The number of ketones is 1. The number of rotatable bonds is 7. The van der Waals surface area contributed by atoms with Gasteiger partial charge >= 0.3 is 5.97 Å².